The molecule has 0 saturated carbocycles. The molecule has 0 N–H and O–H groups in total. The molecule has 16 heavy (non-hydrogen) atoms. The molecule has 1 aromatic rings. The number of rotatable bonds is 5. The van der Waals surface area contributed by atoms with E-state index in [1.54, 1.807) is 14.0 Å². The molecule has 0 aliphatic heterocycles. The highest BCUT2D eigenvalue weighted by atomic mass is 127. The van der Waals surface area contributed by atoms with Gasteiger partial charge in [-0.05, 0) is 18.6 Å². The molecule has 0 aliphatic rings. The Balaban J connectivity index is 2.86. The molecule has 0 aromatic heterocycles. The predicted molar refractivity (Wildman–Crippen MR) is 71.1 cm³/mol. The van der Waals surface area contributed by atoms with Gasteiger partial charge in [-0.3, -0.25) is 4.79 Å². The summed E-state index contributed by atoms with van der Waals surface area (Å²) in [6, 6.07) is 5.88. The van der Waals surface area contributed by atoms with Crippen molar-refractivity contribution in [3.05, 3.63) is 29.3 Å². The number of ether oxygens (including phenoxy) is 2. The fourth-order valence-corrected chi connectivity index (χ4v) is 1.90. The molecule has 4 heteroatoms. The molecular formula is C12H15IO3. The summed E-state index contributed by atoms with van der Waals surface area (Å²) >= 11 is 2.29. The number of methoxy groups -OCH3 is 1. The van der Waals surface area contributed by atoms with Crippen molar-refractivity contribution in [1.82, 2.24) is 0 Å². The van der Waals surface area contributed by atoms with Crippen LogP contribution in [-0.4, -0.2) is 19.7 Å². The molecule has 3 nitrogen and oxygen atoms in total. The summed E-state index contributed by atoms with van der Waals surface area (Å²) in [5.41, 5.74) is 2.07. The summed E-state index contributed by atoms with van der Waals surface area (Å²) in [5, 5.41) is 0. The van der Waals surface area contributed by atoms with Crippen LogP contribution in [0, 0.1) is 0 Å². The molecule has 0 spiro atoms. The van der Waals surface area contributed by atoms with E-state index < -0.39 is 0 Å². The van der Waals surface area contributed by atoms with Crippen LogP contribution < -0.4 is 4.74 Å². The summed E-state index contributed by atoms with van der Waals surface area (Å²) in [6.07, 6.45) is 0.265. The number of carbonyl (C=O) groups excluding carboxylic acids is 1. The van der Waals surface area contributed by atoms with Crippen LogP contribution in [-0.2, 0) is 20.4 Å². The fraction of sp³-hybridized carbons (Fsp3) is 0.417. The Kier molecular flexibility index (Phi) is 5.59. The number of hydrogen-bond donors (Lipinski definition) is 0. The van der Waals surface area contributed by atoms with Crippen molar-refractivity contribution in [2.24, 2.45) is 0 Å². The van der Waals surface area contributed by atoms with Crippen molar-refractivity contribution >= 4 is 28.6 Å². The quantitative estimate of drug-likeness (QED) is 0.472. The van der Waals surface area contributed by atoms with Gasteiger partial charge in [-0.2, -0.15) is 0 Å². The number of benzene rings is 1. The van der Waals surface area contributed by atoms with E-state index in [0.29, 0.717) is 6.61 Å². The molecule has 0 unspecified atom stereocenters. The summed E-state index contributed by atoms with van der Waals surface area (Å²) in [5.74, 6) is 0.521. The van der Waals surface area contributed by atoms with Crippen molar-refractivity contribution in [2.45, 2.75) is 17.8 Å². The maximum Gasteiger partial charge on any atom is 0.310 e. The first-order chi connectivity index (χ1) is 7.71. The van der Waals surface area contributed by atoms with E-state index in [-0.39, 0.29) is 12.4 Å². The van der Waals surface area contributed by atoms with E-state index in [4.69, 9.17) is 9.47 Å². The number of alkyl halides is 1. The zero-order chi connectivity index (χ0) is 12.0. The number of hydrogen-bond acceptors (Lipinski definition) is 3. The molecular weight excluding hydrogens is 319 g/mol. The Hall–Kier alpha value is -0.780. The van der Waals surface area contributed by atoms with Crippen molar-refractivity contribution < 1.29 is 14.3 Å². The van der Waals surface area contributed by atoms with Gasteiger partial charge in [-0.25, -0.2) is 0 Å². The Labute approximate surface area is 109 Å². The molecule has 0 amide bonds. The van der Waals surface area contributed by atoms with Gasteiger partial charge in [0.05, 0.1) is 20.1 Å². The van der Waals surface area contributed by atoms with Crippen molar-refractivity contribution in [3.63, 3.8) is 0 Å². The number of esters is 1. The van der Waals surface area contributed by atoms with Crippen molar-refractivity contribution in [3.8, 4) is 5.75 Å². The second-order valence-corrected chi connectivity index (χ2v) is 4.02. The molecule has 0 radical (unpaired) electrons. The Morgan fingerprint density at radius 3 is 2.75 bits per heavy atom. The van der Waals surface area contributed by atoms with Crippen LogP contribution in [0.3, 0.4) is 0 Å². The molecule has 0 atom stereocenters. The van der Waals surface area contributed by atoms with Crippen molar-refractivity contribution in [1.29, 1.82) is 0 Å². The summed E-state index contributed by atoms with van der Waals surface area (Å²) in [6.45, 7) is 2.21. The lowest BCUT2D eigenvalue weighted by atomic mass is 10.1. The first kappa shape index (κ1) is 13.3. The average molecular weight is 334 g/mol. The first-order valence-corrected chi connectivity index (χ1v) is 6.61. The van der Waals surface area contributed by atoms with E-state index >= 15 is 0 Å². The van der Waals surface area contributed by atoms with Crippen LogP contribution in [0.2, 0.25) is 0 Å². The van der Waals surface area contributed by atoms with Gasteiger partial charge >= 0.3 is 5.97 Å². The van der Waals surface area contributed by atoms with Crippen LogP contribution >= 0.6 is 22.6 Å². The van der Waals surface area contributed by atoms with Crippen LogP contribution in [0.5, 0.6) is 5.75 Å². The standard InChI is InChI=1S/C12H15IO3/c1-3-16-12(14)7-10-6-9(8-13)4-5-11(10)15-2/h4-6H,3,7-8H2,1-2H3. The van der Waals surface area contributed by atoms with Gasteiger partial charge < -0.3 is 9.47 Å². The molecule has 0 heterocycles. The van der Waals surface area contributed by atoms with E-state index in [1.807, 2.05) is 18.2 Å². The Morgan fingerprint density at radius 2 is 2.19 bits per heavy atom. The smallest absolute Gasteiger partial charge is 0.310 e. The number of halogens is 1. The second kappa shape index (κ2) is 6.73. The Bertz CT molecular complexity index is 363. The lowest BCUT2D eigenvalue weighted by Crippen LogP contribution is -2.08. The molecule has 1 rings (SSSR count). The van der Waals surface area contributed by atoms with Crippen LogP contribution in [0.15, 0.2) is 18.2 Å². The third kappa shape index (κ3) is 3.66. The van der Waals surface area contributed by atoms with Gasteiger partial charge in [0.25, 0.3) is 0 Å². The van der Waals surface area contributed by atoms with Crippen LogP contribution in [0.1, 0.15) is 18.1 Å². The number of carbonyl (C=O) groups is 1. The Morgan fingerprint density at radius 1 is 1.44 bits per heavy atom. The maximum atomic E-state index is 11.4. The fourth-order valence-electron chi connectivity index (χ4n) is 1.42. The highest BCUT2D eigenvalue weighted by Gasteiger charge is 2.10. The highest BCUT2D eigenvalue weighted by Crippen LogP contribution is 2.22. The minimum Gasteiger partial charge on any atom is -0.496 e. The van der Waals surface area contributed by atoms with Gasteiger partial charge in [0, 0.05) is 9.99 Å². The van der Waals surface area contributed by atoms with Gasteiger partial charge in [-0.1, -0.05) is 34.7 Å². The maximum absolute atomic E-state index is 11.4. The zero-order valence-electron chi connectivity index (χ0n) is 9.46. The lowest BCUT2D eigenvalue weighted by molar-refractivity contribution is -0.142. The summed E-state index contributed by atoms with van der Waals surface area (Å²) in [4.78, 5) is 11.4. The minimum absolute atomic E-state index is 0.216. The molecule has 1 aromatic carbocycles. The SMILES string of the molecule is CCOC(=O)Cc1cc(CI)ccc1OC. The summed E-state index contributed by atoms with van der Waals surface area (Å²) < 4.78 is 11.1. The van der Waals surface area contributed by atoms with Crippen LogP contribution in [0.4, 0.5) is 0 Å². The molecule has 0 saturated heterocycles. The van der Waals surface area contributed by atoms with Gasteiger partial charge in [-0.15, -0.1) is 0 Å². The predicted octanol–water partition coefficient (Wildman–Crippen LogP) is 2.74. The lowest BCUT2D eigenvalue weighted by Gasteiger charge is -2.09. The van der Waals surface area contributed by atoms with Gasteiger partial charge in [0.2, 0.25) is 0 Å². The highest BCUT2D eigenvalue weighted by molar-refractivity contribution is 14.1. The van der Waals surface area contributed by atoms with Gasteiger partial charge in [0.15, 0.2) is 0 Å². The zero-order valence-corrected chi connectivity index (χ0v) is 11.6. The van der Waals surface area contributed by atoms with Crippen LogP contribution in [0.25, 0.3) is 0 Å². The van der Waals surface area contributed by atoms with E-state index in [9.17, 15) is 4.79 Å². The van der Waals surface area contributed by atoms with E-state index in [1.165, 1.54) is 5.56 Å². The topological polar surface area (TPSA) is 35.5 Å². The monoisotopic (exact) mass is 334 g/mol. The second-order valence-electron chi connectivity index (χ2n) is 3.26. The molecule has 0 aliphatic carbocycles. The average Bonchev–Trinajstić information content (AvgIpc) is 2.29. The van der Waals surface area contributed by atoms with E-state index in [0.717, 1.165) is 15.7 Å². The van der Waals surface area contributed by atoms with Gasteiger partial charge in [0.1, 0.15) is 5.75 Å². The largest absolute Gasteiger partial charge is 0.496 e. The third-order valence-electron chi connectivity index (χ3n) is 2.14. The normalized spacial score (nSPS) is 9.94. The summed E-state index contributed by atoms with van der Waals surface area (Å²) in [7, 11) is 1.60. The van der Waals surface area contributed by atoms with Crippen molar-refractivity contribution in [2.75, 3.05) is 13.7 Å². The van der Waals surface area contributed by atoms with E-state index in [2.05, 4.69) is 22.6 Å². The molecule has 88 valence electrons. The molecule has 0 fully saturated rings. The minimum atomic E-state index is -0.216. The third-order valence-corrected chi connectivity index (χ3v) is 3.02. The first-order valence-electron chi connectivity index (χ1n) is 5.08. The molecule has 0 bridgehead atoms.